The summed E-state index contributed by atoms with van der Waals surface area (Å²) in [6.45, 7) is 2.71. The molecule has 2 aromatic rings. The number of rotatable bonds is 7. The molecule has 0 radical (unpaired) electrons. The molecule has 1 amide bonds. The predicted octanol–water partition coefficient (Wildman–Crippen LogP) is 4.20. The second-order valence-corrected chi connectivity index (χ2v) is 6.73. The Morgan fingerprint density at radius 3 is 2.52 bits per heavy atom. The monoisotopic (exact) mass is 341 g/mol. The van der Waals surface area contributed by atoms with E-state index in [-0.39, 0.29) is 24.1 Å². The zero-order valence-electron chi connectivity index (χ0n) is 14.7. The molecule has 25 heavy (non-hydrogen) atoms. The van der Waals surface area contributed by atoms with Crippen LogP contribution in [-0.4, -0.2) is 24.0 Å². The maximum absolute atomic E-state index is 13.9. The molecule has 1 unspecified atom stereocenters. The number of carbonyl (C=O) groups excluding carboxylic acids is 1. The number of halogens is 1. The predicted molar refractivity (Wildman–Crippen MR) is 95.8 cm³/mol. The Hall–Kier alpha value is -2.36. The number of benzene rings is 2. The summed E-state index contributed by atoms with van der Waals surface area (Å²) in [4.78, 5) is 14.9. The minimum Gasteiger partial charge on any atom is -0.494 e. The standard InChI is InChI=1S/C21H24FNO2/c1-15(18-9-10-18)23(14-16-6-4-3-5-7-16)21(24)13-17-8-11-20(25-2)19(22)12-17/h3-8,11-12,15,18H,9-10,13-14H2,1-2H3. The SMILES string of the molecule is COc1ccc(CC(=O)N(Cc2ccccc2)C(C)C2CC2)cc1F. The van der Waals surface area contributed by atoms with Crippen LogP contribution in [0.3, 0.4) is 0 Å². The molecule has 1 atom stereocenters. The molecular weight excluding hydrogens is 317 g/mol. The van der Waals surface area contributed by atoms with Gasteiger partial charge >= 0.3 is 0 Å². The van der Waals surface area contributed by atoms with Crippen molar-refractivity contribution in [3.05, 3.63) is 65.5 Å². The van der Waals surface area contributed by atoms with Gasteiger partial charge < -0.3 is 9.64 Å². The third kappa shape index (κ3) is 4.38. The van der Waals surface area contributed by atoms with Gasteiger partial charge in [-0.15, -0.1) is 0 Å². The fourth-order valence-corrected chi connectivity index (χ4v) is 3.17. The zero-order chi connectivity index (χ0) is 17.8. The molecule has 4 heteroatoms. The van der Waals surface area contributed by atoms with Crippen molar-refractivity contribution in [2.75, 3.05) is 7.11 Å². The lowest BCUT2D eigenvalue weighted by Gasteiger charge is -2.30. The summed E-state index contributed by atoms with van der Waals surface area (Å²) in [5.74, 6) is 0.384. The first-order valence-corrected chi connectivity index (χ1v) is 8.74. The molecule has 1 saturated carbocycles. The van der Waals surface area contributed by atoms with Crippen molar-refractivity contribution in [1.82, 2.24) is 4.90 Å². The van der Waals surface area contributed by atoms with Gasteiger partial charge in [-0.1, -0.05) is 36.4 Å². The molecule has 0 aromatic heterocycles. The van der Waals surface area contributed by atoms with Crippen molar-refractivity contribution in [3.63, 3.8) is 0 Å². The van der Waals surface area contributed by atoms with Crippen LogP contribution in [0.15, 0.2) is 48.5 Å². The van der Waals surface area contributed by atoms with Crippen LogP contribution >= 0.6 is 0 Å². The van der Waals surface area contributed by atoms with Gasteiger partial charge in [-0.2, -0.15) is 0 Å². The van der Waals surface area contributed by atoms with E-state index in [4.69, 9.17) is 4.74 Å². The Morgan fingerprint density at radius 1 is 1.20 bits per heavy atom. The maximum Gasteiger partial charge on any atom is 0.227 e. The quantitative estimate of drug-likeness (QED) is 0.755. The van der Waals surface area contributed by atoms with Gasteiger partial charge in [-0.3, -0.25) is 4.79 Å². The summed E-state index contributed by atoms with van der Waals surface area (Å²) < 4.78 is 18.8. The van der Waals surface area contributed by atoms with E-state index in [0.717, 1.165) is 5.56 Å². The number of carbonyl (C=O) groups is 1. The average Bonchev–Trinajstić information content (AvgIpc) is 3.45. The van der Waals surface area contributed by atoms with Gasteiger partial charge in [-0.25, -0.2) is 4.39 Å². The highest BCUT2D eigenvalue weighted by atomic mass is 19.1. The molecule has 1 fully saturated rings. The lowest BCUT2D eigenvalue weighted by atomic mass is 10.1. The Kier molecular flexibility index (Phi) is 5.37. The summed E-state index contributed by atoms with van der Waals surface area (Å²) in [5, 5.41) is 0. The average molecular weight is 341 g/mol. The number of hydrogen-bond donors (Lipinski definition) is 0. The van der Waals surface area contributed by atoms with Crippen molar-refractivity contribution in [3.8, 4) is 5.75 Å². The highest BCUT2D eigenvalue weighted by molar-refractivity contribution is 5.79. The van der Waals surface area contributed by atoms with Crippen LogP contribution in [-0.2, 0) is 17.8 Å². The van der Waals surface area contributed by atoms with E-state index in [1.807, 2.05) is 35.2 Å². The Balaban J connectivity index is 1.75. The first-order valence-electron chi connectivity index (χ1n) is 8.74. The molecule has 3 nitrogen and oxygen atoms in total. The summed E-state index contributed by atoms with van der Waals surface area (Å²) in [6, 6.07) is 14.9. The first-order chi connectivity index (χ1) is 12.1. The normalized spacial score (nSPS) is 14.8. The molecule has 0 bridgehead atoms. The lowest BCUT2D eigenvalue weighted by molar-refractivity contribution is -0.133. The highest BCUT2D eigenvalue weighted by Crippen LogP contribution is 2.36. The zero-order valence-corrected chi connectivity index (χ0v) is 14.7. The summed E-state index contributed by atoms with van der Waals surface area (Å²) in [6.07, 6.45) is 2.55. The number of hydrogen-bond acceptors (Lipinski definition) is 2. The molecule has 3 rings (SSSR count). The minimum atomic E-state index is -0.433. The fourth-order valence-electron chi connectivity index (χ4n) is 3.17. The van der Waals surface area contributed by atoms with Crippen molar-refractivity contribution in [2.45, 2.75) is 38.8 Å². The number of methoxy groups -OCH3 is 1. The molecule has 0 N–H and O–H groups in total. The van der Waals surface area contributed by atoms with E-state index in [0.29, 0.717) is 18.0 Å². The number of amides is 1. The molecule has 0 spiro atoms. The molecule has 0 heterocycles. The molecule has 2 aromatic carbocycles. The van der Waals surface area contributed by atoms with Crippen molar-refractivity contribution in [2.24, 2.45) is 5.92 Å². The number of nitrogens with zero attached hydrogens (tertiary/aromatic N) is 1. The Bertz CT molecular complexity index is 728. The third-order valence-electron chi connectivity index (χ3n) is 4.88. The summed E-state index contributed by atoms with van der Waals surface area (Å²) in [7, 11) is 1.43. The van der Waals surface area contributed by atoms with Crippen molar-refractivity contribution < 1.29 is 13.9 Å². The van der Waals surface area contributed by atoms with E-state index in [1.165, 1.54) is 26.0 Å². The van der Waals surface area contributed by atoms with Gasteiger partial charge in [0.2, 0.25) is 5.91 Å². The maximum atomic E-state index is 13.9. The van der Waals surface area contributed by atoms with Crippen LogP contribution in [0, 0.1) is 11.7 Å². The van der Waals surface area contributed by atoms with Crippen LogP contribution in [0.5, 0.6) is 5.75 Å². The van der Waals surface area contributed by atoms with Gasteiger partial charge in [0, 0.05) is 12.6 Å². The van der Waals surface area contributed by atoms with E-state index < -0.39 is 5.82 Å². The van der Waals surface area contributed by atoms with E-state index in [2.05, 4.69) is 6.92 Å². The Labute approximate surface area is 148 Å². The molecule has 132 valence electrons. The molecule has 1 aliphatic carbocycles. The van der Waals surface area contributed by atoms with Crippen molar-refractivity contribution in [1.29, 1.82) is 0 Å². The second-order valence-electron chi connectivity index (χ2n) is 6.73. The minimum absolute atomic E-state index is 0.0350. The lowest BCUT2D eigenvalue weighted by Crippen LogP contribution is -2.40. The first kappa shape index (κ1) is 17.5. The van der Waals surface area contributed by atoms with Crippen LogP contribution in [0.4, 0.5) is 4.39 Å². The molecular formula is C21H24FNO2. The van der Waals surface area contributed by atoms with Crippen LogP contribution < -0.4 is 4.74 Å². The van der Waals surface area contributed by atoms with Crippen LogP contribution in [0.2, 0.25) is 0 Å². The van der Waals surface area contributed by atoms with Crippen LogP contribution in [0.25, 0.3) is 0 Å². The largest absolute Gasteiger partial charge is 0.494 e. The van der Waals surface area contributed by atoms with Crippen molar-refractivity contribution >= 4 is 5.91 Å². The van der Waals surface area contributed by atoms with Gasteiger partial charge in [0.25, 0.3) is 0 Å². The molecule has 0 aliphatic heterocycles. The topological polar surface area (TPSA) is 29.5 Å². The summed E-state index contributed by atoms with van der Waals surface area (Å²) in [5.41, 5.74) is 1.79. The van der Waals surface area contributed by atoms with Gasteiger partial charge in [0.05, 0.1) is 13.5 Å². The highest BCUT2D eigenvalue weighted by Gasteiger charge is 2.34. The van der Waals surface area contributed by atoms with Gasteiger partial charge in [0.1, 0.15) is 0 Å². The van der Waals surface area contributed by atoms with Gasteiger partial charge in [-0.05, 0) is 48.9 Å². The van der Waals surface area contributed by atoms with Gasteiger partial charge in [0.15, 0.2) is 11.6 Å². The fraction of sp³-hybridized carbons (Fsp3) is 0.381. The van der Waals surface area contributed by atoms with E-state index >= 15 is 0 Å². The summed E-state index contributed by atoms with van der Waals surface area (Å²) >= 11 is 0. The van der Waals surface area contributed by atoms with E-state index in [9.17, 15) is 9.18 Å². The smallest absolute Gasteiger partial charge is 0.227 e. The second kappa shape index (κ2) is 7.68. The molecule has 1 aliphatic rings. The van der Waals surface area contributed by atoms with E-state index in [1.54, 1.807) is 12.1 Å². The molecule has 0 saturated heterocycles. The Morgan fingerprint density at radius 2 is 1.92 bits per heavy atom. The van der Waals surface area contributed by atoms with Crippen LogP contribution in [0.1, 0.15) is 30.9 Å². The third-order valence-corrected chi connectivity index (χ3v) is 4.88. The number of ether oxygens (including phenoxy) is 1.